The standard InChI is InChI=1S/C16H19N5O4S/c22-12-25-10-9-13-3-1-2-4-16(13)20(26(23)24)14-5-7-15(8-6-14)21-18-11-17-19-21/h3,5-8,11-12,16H,1-2,4,9-10H2,(H,23,24). The summed E-state index contributed by atoms with van der Waals surface area (Å²) >= 11 is -2.19. The maximum atomic E-state index is 12.1. The van der Waals surface area contributed by atoms with Gasteiger partial charge in [0.25, 0.3) is 17.7 Å². The zero-order valence-electron chi connectivity index (χ0n) is 14.0. The molecular weight excluding hydrogens is 358 g/mol. The molecule has 1 aromatic carbocycles. The Morgan fingerprint density at radius 2 is 2.19 bits per heavy atom. The molecule has 1 aromatic heterocycles. The minimum absolute atomic E-state index is 0.222. The summed E-state index contributed by atoms with van der Waals surface area (Å²) in [4.78, 5) is 11.7. The van der Waals surface area contributed by atoms with Gasteiger partial charge >= 0.3 is 0 Å². The lowest BCUT2D eigenvalue weighted by atomic mass is 9.92. The van der Waals surface area contributed by atoms with Crippen molar-refractivity contribution in [2.24, 2.45) is 0 Å². The molecule has 2 unspecified atom stereocenters. The van der Waals surface area contributed by atoms with E-state index in [0.29, 0.717) is 24.3 Å². The van der Waals surface area contributed by atoms with E-state index in [-0.39, 0.29) is 12.6 Å². The van der Waals surface area contributed by atoms with Crippen LogP contribution in [0.3, 0.4) is 0 Å². The van der Waals surface area contributed by atoms with Gasteiger partial charge in [-0.1, -0.05) is 6.08 Å². The molecule has 26 heavy (non-hydrogen) atoms. The van der Waals surface area contributed by atoms with Crippen molar-refractivity contribution in [2.75, 3.05) is 10.9 Å². The largest absolute Gasteiger partial charge is 0.468 e. The van der Waals surface area contributed by atoms with Crippen LogP contribution < -0.4 is 4.31 Å². The number of hydrogen-bond donors (Lipinski definition) is 1. The average molecular weight is 377 g/mol. The Labute approximate surface area is 153 Å². The molecule has 10 heteroatoms. The van der Waals surface area contributed by atoms with Crippen molar-refractivity contribution in [1.82, 2.24) is 20.2 Å². The highest BCUT2D eigenvalue weighted by Gasteiger charge is 2.28. The second-order valence-electron chi connectivity index (χ2n) is 5.74. The second-order valence-corrected chi connectivity index (χ2v) is 6.60. The quantitative estimate of drug-likeness (QED) is 0.322. The number of carbonyl (C=O) groups excluding carboxylic acids is 1. The Kier molecular flexibility index (Phi) is 6.08. The second kappa shape index (κ2) is 8.68. The predicted octanol–water partition coefficient (Wildman–Crippen LogP) is 1.65. The van der Waals surface area contributed by atoms with Crippen LogP contribution in [0.1, 0.15) is 25.7 Å². The van der Waals surface area contributed by atoms with Crippen molar-refractivity contribution in [1.29, 1.82) is 0 Å². The van der Waals surface area contributed by atoms with E-state index in [4.69, 9.17) is 4.74 Å². The van der Waals surface area contributed by atoms with Gasteiger partial charge in [0.2, 0.25) is 0 Å². The SMILES string of the molecule is O=COCCC1=CCCCC1N(c1ccc(-n2ncnn2)cc1)S(=O)O. The Morgan fingerprint density at radius 1 is 1.38 bits per heavy atom. The van der Waals surface area contributed by atoms with Crippen LogP contribution >= 0.6 is 0 Å². The first kappa shape index (κ1) is 18.2. The Hall–Kier alpha value is -2.59. The van der Waals surface area contributed by atoms with E-state index in [1.165, 1.54) is 15.4 Å². The van der Waals surface area contributed by atoms with Crippen molar-refractivity contribution in [3.63, 3.8) is 0 Å². The first-order chi connectivity index (χ1) is 12.7. The lowest BCUT2D eigenvalue weighted by Crippen LogP contribution is -2.39. The Balaban J connectivity index is 1.83. The number of benzene rings is 1. The number of tetrazole rings is 1. The normalized spacial score (nSPS) is 18.0. The van der Waals surface area contributed by atoms with Gasteiger partial charge in [0.1, 0.15) is 0 Å². The van der Waals surface area contributed by atoms with Gasteiger partial charge in [-0.25, -0.2) is 4.21 Å². The maximum absolute atomic E-state index is 12.1. The summed E-state index contributed by atoms with van der Waals surface area (Å²) in [6.45, 7) is 0.673. The highest BCUT2D eigenvalue weighted by molar-refractivity contribution is 7.80. The van der Waals surface area contributed by atoms with Crippen LogP contribution in [0.4, 0.5) is 5.69 Å². The van der Waals surface area contributed by atoms with E-state index in [0.717, 1.165) is 24.8 Å². The van der Waals surface area contributed by atoms with E-state index in [1.54, 1.807) is 24.3 Å². The number of nitrogens with zero attached hydrogens (tertiary/aromatic N) is 5. The molecule has 1 aliphatic carbocycles. The van der Waals surface area contributed by atoms with Crippen LogP contribution in [0.5, 0.6) is 0 Å². The number of ether oxygens (including phenoxy) is 1. The molecule has 1 heterocycles. The third-order valence-electron chi connectivity index (χ3n) is 4.23. The summed E-state index contributed by atoms with van der Waals surface area (Å²) in [5, 5.41) is 11.4. The van der Waals surface area contributed by atoms with Gasteiger partial charge < -0.3 is 4.74 Å². The Bertz CT molecular complexity index is 778. The summed E-state index contributed by atoms with van der Waals surface area (Å²) in [5.74, 6) is 0. The summed E-state index contributed by atoms with van der Waals surface area (Å²) < 4.78 is 28.2. The minimum Gasteiger partial charge on any atom is -0.468 e. The molecule has 1 N–H and O–H groups in total. The number of aromatic nitrogens is 4. The minimum atomic E-state index is -2.19. The molecule has 0 saturated carbocycles. The summed E-state index contributed by atoms with van der Waals surface area (Å²) in [5.41, 5.74) is 2.32. The fourth-order valence-electron chi connectivity index (χ4n) is 3.08. The lowest BCUT2D eigenvalue weighted by Gasteiger charge is -2.34. The molecule has 3 rings (SSSR count). The van der Waals surface area contributed by atoms with Crippen LogP contribution in [0, 0.1) is 0 Å². The highest BCUT2D eigenvalue weighted by atomic mass is 32.2. The van der Waals surface area contributed by atoms with Crippen LogP contribution in [0.25, 0.3) is 5.69 Å². The molecule has 2 aromatic rings. The molecule has 0 amide bonds. The topological polar surface area (TPSA) is 110 Å². The molecular formula is C16H19N5O4S. The van der Waals surface area contributed by atoms with Crippen molar-refractivity contribution >= 4 is 23.4 Å². The maximum Gasteiger partial charge on any atom is 0.293 e. The van der Waals surface area contributed by atoms with E-state index >= 15 is 0 Å². The average Bonchev–Trinajstić information content (AvgIpc) is 3.18. The highest BCUT2D eigenvalue weighted by Crippen LogP contribution is 2.31. The van der Waals surface area contributed by atoms with Crippen molar-refractivity contribution in [3.8, 4) is 5.69 Å². The number of allylic oxidation sites excluding steroid dienone is 1. The molecule has 0 fully saturated rings. The monoisotopic (exact) mass is 377 g/mol. The van der Waals surface area contributed by atoms with Gasteiger partial charge in [-0.2, -0.15) is 0 Å². The Morgan fingerprint density at radius 3 is 2.85 bits per heavy atom. The van der Waals surface area contributed by atoms with E-state index in [2.05, 4.69) is 21.5 Å². The van der Waals surface area contributed by atoms with Gasteiger partial charge in [-0.3, -0.25) is 13.7 Å². The van der Waals surface area contributed by atoms with Gasteiger partial charge in [-0.05, 0) is 54.3 Å². The molecule has 0 radical (unpaired) electrons. The molecule has 1 aliphatic rings. The first-order valence-corrected chi connectivity index (χ1v) is 9.25. The fourth-order valence-corrected chi connectivity index (χ4v) is 3.84. The van der Waals surface area contributed by atoms with E-state index < -0.39 is 11.3 Å². The van der Waals surface area contributed by atoms with Crippen LogP contribution in [-0.2, 0) is 20.8 Å². The molecule has 0 spiro atoms. The third-order valence-corrected chi connectivity index (χ3v) is 5.03. The third kappa shape index (κ3) is 4.14. The van der Waals surface area contributed by atoms with Crippen molar-refractivity contribution < 1.29 is 18.3 Å². The molecule has 0 bridgehead atoms. The molecule has 9 nitrogen and oxygen atoms in total. The molecule has 0 aliphatic heterocycles. The number of rotatable bonds is 8. The van der Waals surface area contributed by atoms with Crippen molar-refractivity contribution in [3.05, 3.63) is 42.2 Å². The lowest BCUT2D eigenvalue weighted by molar-refractivity contribution is -0.128. The zero-order valence-corrected chi connectivity index (χ0v) is 14.8. The van der Waals surface area contributed by atoms with Gasteiger partial charge in [0.05, 0.1) is 24.0 Å². The summed E-state index contributed by atoms with van der Waals surface area (Å²) in [6.07, 6.45) is 6.54. The number of anilines is 1. The molecule has 138 valence electrons. The van der Waals surface area contributed by atoms with Gasteiger partial charge in [-0.15, -0.1) is 15.0 Å². The van der Waals surface area contributed by atoms with Crippen molar-refractivity contribution in [2.45, 2.75) is 31.7 Å². The van der Waals surface area contributed by atoms with Crippen LogP contribution in [0.2, 0.25) is 0 Å². The predicted molar refractivity (Wildman–Crippen MR) is 94.8 cm³/mol. The zero-order chi connectivity index (χ0) is 18.4. The summed E-state index contributed by atoms with van der Waals surface area (Å²) in [7, 11) is 0. The van der Waals surface area contributed by atoms with Gasteiger partial charge in [0.15, 0.2) is 6.33 Å². The smallest absolute Gasteiger partial charge is 0.293 e. The van der Waals surface area contributed by atoms with Crippen LogP contribution in [-0.4, -0.2) is 48.1 Å². The van der Waals surface area contributed by atoms with Gasteiger partial charge in [0, 0.05) is 6.42 Å². The number of hydrogen-bond acceptors (Lipinski definition) is 6. The number of carbonyl (C=O) groups is 1. The molecule has 0 saturated heterocycles. The first-order valence-electron chi connectivity index (χ1n) is 8.18. The van der Waals surface area contributed by atoms with E-state index in [1.807, 2.05) is 0 Å². The molecule has 2 atom stereocenters. The summed E-state index contributed by atoms with van der Waals surface area (Å²) in [6, 6.07) is 6.80. The van der Waals surface area contributed by atoms with Crippen LogP contribution in [0.15, 0.2) is 42.2 Å². The fraction of sp³-hybridized carbons (Fsp3) is 0.375. The van der Waals surface area contributed by atoms with E-state index in [9.17, 15) is 13.6 Å².